The van der Waals surface area contributed by atoms with Crippen LogP contribution in [0.5, 0.6) is 0 Å². The van der Waals surface area contributed by atoms with Crippen LogP contribution in [0, 0.1) is 13.8 Å². The fraction of sp³-hybridized carbons (Fsp3) is 0.235. The number of nitrogens with zero attached hydrogens (tertiary/aromatic N) is 4. The quantitative estimate of drug-likeness (QED) is 0.524. The van der Waals surface area contributed by atoms with E-state index in [0.717, 1.165) is 22.2 Å². The molecule has 140 valence electrons. The van der Waals surface area contributed by atoms with E-state index in [9.17, 15) is 9.59 Å². The monoisotopic (exact) mass is 387 g/mol. The van der Waals surface area contributed by atoms with Gasteiger partial charge in [-0.05, 0) is 25.5 Å². The van der Waals surface area contributed by atoms with Gasteiger partial charge in [0, 0.05) is 11.3 Å². The molecule has 0 saturated heterocycles. The molecule has 27 heavy (non-hydrogen) atoms. The third-order valence-electron chi connectivity index (χ3n) is 3.77. The van der Waals surface area contributed by atoms with Crippen molar-refractivity contribution in [3.63, 3.8) is 0 Å². The molecule has 0 unspecified atom stereocenters. The molecule has 0 fully saturated rings. The van der Waals surface area contributed by atoms with E-state index >= 15 is 0 Å². The molecular formula is C17H17N5O4S. The maximum absolute atomic E-state index is 12.0. The fourth-order valence-corrected chi connectivity index (χ4v) is 3.18. The van der Waals surface area contributed by atoms with E-state index in [2.05, 4.69) is 25.3 Å². The summed E-state index contributed by atoms with van der Waals surface area (Å²) in [4.78, 5) is 24.2. The van der Waals surface area contributed by atoms with Crippen LogP contribution < -0.4 is 5.32 Å². The summed E-state index contributed by atoms with van der Waals surface area (Å²) in [5.41, 5.74) is 2.31. The van der Waals surface area contributed by atoms with Gasteiger partial charge in [0.15, 0.2) is 5.82 Å². The minimum absolute atomic E-state index is 0.0291. The highest BCUT2D eigenvalue weighted by molar-refractivity contribution is 7.19. The molecule has 10 heteroatoms. The molecule has 3 aromatic rings. The maximum atomic E-state index is 12.0. The number of hydrogen-bond acceptors (Lipinski definition) is 9. The zero-order chi connectivity index (χ0) is 19.6. The number of aryl methyl sites for hydroxylation is 2. The van der Waals surface area contributed by atoms with Crippen molar-refractivity contribution >= 4 is 33.9 Å². The van der Waals surface area contributed by atoms with E-state index in [1.54, 1.807) is 4.52 Å². The lowest BCUT2D eigenvalue weighted by atomic mass is 10.1. The summed E-state index contributed by atoms with van der Waals surface area (Å²) >= 11 is 1.40. The largest absolute Gasteiger partial charge is 0.466 e. The van der Waals surface area contributed by atoms with Crippen molar-refractivity contribution in [2.45, 2.75) is 13.8 Å². The highest BCUT2D eigenvalue weighted by atomic mass is 32.1. The van der Waals surface area contributed by atoms with Crippen LogP contribution >= 0.6 is 11.3 Å². The Labute approximate surface area is 158 Å². The molecule has 0 aliphatic carbocycles. The number of fused-ring (bicyclic) bond motifs is 1. The standard InChI is InChI=1S/C17H17N5O4S/c1-9-5-6-11(15-21-22-10(2)19-20-17(22)27-15)7-12(9)18-13(16(24)26-4)8-14(23)25-3/h5-8,18H,1-4H3/b13-8+. The first-order chi connectivity index (χ1) is 12.9. The summed E-state index contributed by atoms with van der Waals surface area (Å²) in [6.07, 6.45) is 1.05. The fourth-order valence-electron chi connectivity index (χ4n) is 2.30. The van der Waals surface area contributed by atoms with Gasteiger partial charge in [-0.2, -0.15) is 9.61 Å². The zero-order valence-corrected chi connectivity index (χ0v) is 16.0. The van der Waals surface area contributed by atoms with Crippen LogP contribution in [0.15, 0.2) is 30.0 Å². The van der Waals surface area contributed by atoms with Gasteiger partial charge in [-0.15, -0.1) is 10.2 Å². The number of aromatic nitrogens is 4. The van der Waals surface area contributed by atoms with Crippen molar-refractivity contribution < 1.29 is 19.1 Å². The third-order valence-corrected chi connectivity index (χ3v) is 4.72. The molecule has 0 atom stereocenters. The first-order valence-electron chi connectivity index (χ1n) is 7.87. The lowest BCUT2D eigenvalue weighted by Gasteiger charge is -2.12. The average molecular weight is 387 g/mol. The number of rotatable bonds is 5. The summed E-state index contributed by atoms with van der Waals surface area (Å²) < 4.78 is 11.0. The Morgan fingerprint density at radius 2 is 1.96 bits per heavy atom. The molecule has 0 bridgehead atoms. The predicted octanol–water partition coefficient (Wildman–Crippen LogP) is 2.11. The average Bonchev–Trinajstić information content (AvgIpc) is 3.24. The van der Waals surface area contributed by atoms with Crippen LogP contribution in [0.25, 0.3) is 15.5 Å². The number of esters is 2. The first-order valence-corrected chi connectivity index (χ1v) is 8.69. The lowest BCUT2D eigenvalue weighted by Crippen LogP contribution is -2.16. The molecule has 1 N–H and O–H groups in total. The van der Waals surface area contributed by atoms with E-state index in [4.69, 9.17) is 4.74 Å². The number of carbonyl (C=O) groups is 2. The Kier molecular flexibility index (Phi) is 5.17. The number of carbonyl (C=O) groups excluding carboxylic acids is 2. The van der Waals surface area contributed by atoms with Gasteiger partial charge < -0.3 is 14.8 Å². The predicted molar refractivity (Wildman–Crippen MR) is 99.3 cm³/mol. The van der Waals surface area contributed by atoms with Crippen molar-refractivity contribution in [1.82, 2.24) is 19.8 Å². The molecular weight excluding hydrogens is 370 g/mol. The van der Waals surface area contributed by atoms with Gasteiger partial charge in [0.05, 0.1) is 20.3 Å². The van der Waals surface area contributed by atoms with Crippen molar-refractivity contribution in [3.05, 3.63) is 41.4 Å². The van der Waals surface area contributed by atoms with Gasteiger partial charge >= 0.3 is 11.9 Å². The molecule has 0 radical (unpaired) electrons. The van der Waals surface area contributed by atoms with Crippen LogP contribution in [-0.4, -0.2) is 46.0 Å². The molecule has 0 aliphatic heterocycles. The number of ether oxygens (including phenoxy) is 2. The summed E-state index contributed by atoms with van der Waals surface area (Å²) in [5, 5.41) is 16.2. The highest BCUT2D eigenvalue weighted by Crippen LogP contribution is 2.29. The van der Waals surface area contributed by atoms with Crippen LogP contribution in [0.2, 0.25) is 0 Å². The number of anilines is 1. The number of methoxy groups -OCH3 is 2. The minimum Gasteiger partial charge on any atom is -0.466 e. The summed E-state index contributed by atoms with van der Waals surface area (Å²) in [5.74, 6) is -0.646. The molecule has 2 heterocycles. The van der Waals surface area contributed by atoms with Gasteiger partial charge in [-0.3, -0.25) is 0 Å². The second-order valence-corrected chi connectivity index (χ2v) is 6.53. The van der Waals surface area contributed by atoms with E-state index in [1.807, 2.05) is 32.0 Å². The van der Waals surface area contributed by atoms with Crippen molar-refractivity contribution in [1.29, 1.82) is 0 Å². The van der Waals surface area contributed by atoms with E-state index in [0.29, 0.717) is 16.5 Å². The highest BCUT2D eigenvalue weighted by Gasteiger charge is 2.16. The van der Waals surface area contributed by atoms with Gasteiger partial charge in [-0.25, -0.2) is 9.59 Å². The summed E-state index contributed by atoms with van der Waals surface area (Å²) in [6, 6.07) is 5.65. The van der Waals surface area contributed by atoms with Crippen LogP contribution in [-0.2, 0) is 19.1 Å². The second kappa shape index (κ2) is 7.54. The molecule has 9 nitrogen and oxygen atoms in total. The topological polar surface area (TPSA) is 108 Å². The molecule has 3 rings (SSSR count). The molecule has 0 amide bonds. The molecule has 0 saturated carbocycles. The Bertz CT molecular complexity index is 1050. The van der Waals surface area contributed by atoms with E-state index in [-0.39, 0.29) is 5.70 Å². The SMILES string of the molecule is COC(=O)/C=C(/Nc1cc(-c2nn3c(C)nnc3s2)ccc1C)C(=O)OC. The van der Waals surface area contributed by atoms with Crippen molar-refractivity contribution in [2.75, 3.05) is 19.5 Å². The zero-order valence-electron chi connectivity index (χ0n) is 15.1. The smallest absolute Gasteiger partial charge is 0.354 e. The van der Waals surface area contributed by atoms with Gasteiger partial charge in [0.2, 0.25) is 4.96 Å². The summed E-state index contributed by atoms with van der Waals surface area (Å²) in [7, 11) is 2.47. The molecule has 0 aliphatic rings. The Morgan fingerprint density at radius 1 is 1.19 bits per heavy atom. The van der Waals surface area contributed by atoms with Crippen molar-refractivity contribution in [3.8, 4) is 10.6 Å². The Morgan fingerprint density at radius 3 is 2.63 bits per heavy atom. The van der Waals surface area contributed by atoms with Crippen LogP contribution in [0.3, 0.4) is 0 Å². The van der Waals surface area contributed by atoms with Crippen LogP contribution in [0.4, 0.5) is 5.69 Å². The number of benzene rings is 1. The molecule has 2 aromatic heterocycles. The Balaban J connectivity index is 1.97. The minimum atomic E-state index is -0.681. The summed E-state index contributed by atoms with van der Waals surface area (Å²) in [6.45, 7) is 3.70. The van der Waals surface area contributed by atoms with Gasteiger partial charge in [-0.1, -0.05) is 23.5 Å². The van der Waals surface area contributed by atoms with Crippen molar-refractivity contribution in [2.24, 2.45) is 0 Å². The molecule has 0 spiro atoms. The van der Waals surface area contributed by atoms with Crippen LogP contribution in [0.1, 0.15) is 11.4 Å². The van der Waals surface area contributed by atoms with E-state index in [1.165, 1.54) is 25.6 Å². The molecule has 1 aromatic carbocycles. The number of nitrogens with one attached hydrogen (secondary N) is 1. The number of hydrogen-bond donors (Lipinski definition) is 1. The van der Waals surface area contributed by atoms with Gasteiger partial charge in [0.25, 0.3) is 0 Å². The Hall–Kier alpha value is -3.27. The third kappa shape index (κ3) is 3.80. The van der Waals surface area contributed by atoms with E-state index < -0.39 is 11.9 Å². The van der Waals surface area contributed by atoms with Gasteiger partial charge in [0.1, 0.15) is 10.7 Å². The second-order valence-electron chi connectivity index (χ2n) is 5.58. The lowest BCUT2D eigenvalue weighted by molar-refractivity contribution is -0.138. The maximum Gasteiger partial charge on any atom is 0.354 e. The first kappa shape index (κ1) is 18.5. The normalized spacial score (nSPS) is 11.5.